The molecule has 0 aliphatic rings. The summed E-state index contributed by atoms with van der Waals surface area (Å²) >= 11 is 0. The van der Waals surface area contributed by atoms with E-state index in [0.717, 1.165) is 10.9 Å². The van der Waals surface area contributed by atoms with E-state index in [1.54, 1.807) is 18.3 Å². The first-order chi connectivity index (χ1) is 19.3. The monoisotopic (exact) mass is 575 g/mol. The number of para-hydroxylation sites is 1. The lowest BCUT2D eigenvalue weighted by Crippen LogP contribution is -2.60. The number of H-pyrrole nitrogens is 1. The zero-order chi connectivity index (χ0) is 30.7. The molecule has 0 aliphatic heterocycles. The average molecular weight is 576 g/mol. The molecule has 0 spiro atoms. The molecule has 0 bridgehead atoms. The molecule has 16 heteroatoms. The van der Waals surface area contributed by atoms with Crippen LogP contribution in [0.15, 0.2) is 35.5 Å². The second-order valence-corrected chi connectivity index (χ2v) is 9.48. The van der Waals surface area contributed by atoms with Gasteiger partial charge in [0.15, 0.2) is 5.96 Å². The maximum Gasteiger partial charge on any atom is 0.326 e. The third-order valence-electron chi connectivity index (χ3n) is 6.12. The van der Waals surface area contributed by atoms with Crippen molar-refractivity contribution in [1.82, 2.24) is 20.9 Å². The number of nitrogens with zero attached hydrogens (tertiary/aromatic N) is 1. The van der Waals surface area contributed by atoms with Crippen molar-refractivity contribution in [2.75, 3.05) is 6.54 Å². The van der Waals surface area contributed by atoms with Crippen LogP contribution in [0.2, 0.25) is 0 Å². The third-order valence-corrected chi connectivity index (χ3v) is 6.12. The van der Waals surface area contributed by atoms with Crippen molar-refractivity contribution >= 4 is 46.5 Å². The normalized spacial score (nSPS) is 14.6. The largest absolute Gasteiger partial charge is 0.480 e. The van der Waals surface area contributed by atoms with Crippen LogP contribution in [0.1, 0.15) is 31.7 Å². The van der Waals surface area contributed by atoms with Gasteiger partial charge in [0, 0.05) is 30.1 Å². The fourth-order valence-corrected chi connectivity index (χ4v) is 3.98. The molecular formula is C25H37N9O7. The van der Waals surface area contributed by atoms with Gasteiger partial charge in [0.25, 0.3) is 0 Å². The Kier molecular flexibility index (Phi) is 12.0. The molecule has 41 heavy (non-hydrogen) atoms. The number of aliphatic hydroxyl groups is 1. The second-order valence-electron chi connectivity index (χ2n) is 9.48. The predicted octanol–water partition coefficient (Wildman–Crippen LogP) is -3.11. The lowest BCUT2D eigenvalue weighted by Gasteiger charge is -2.26. The fourth-order valence-electron chi connectivity index (χ4n) is 3.98. The number of aliphatic carboxylic acids is 1. The number of aromatic nitrogens is 1. The SMILES string of the molecule is CC(O)C(NC(=O)C(CC(N)=O)NC(=O)C(N)CCCN=C(N)N)C(=O)NC(Cc1c[nH]c2ccccc12)C(=O)O. The van der Waals surface area contributed by atoms with Gasteiger partial charge in [-0.1, -0.05) is 18.2 Å². The summed E-state index contributed by atoms with van der Waals surface area (Å²) in [5.74, 6) is -5.19. The first-order valence-corrected chi connectivity index (χ1v) is 12.8. The lowest BCUT2D eigenvalue weighted by atomic mass is 10.0. The van der Waals surface area contributed by atoms with E-state index < -0.39 is 66.3 Å². The van der Waals surface area contributed by atoms with Crippen LogP contribution in [0.25, 0.3) is 10.9 Å². The van der Waals surface area contributed by atoms with Gasteiger partial charge in [0.05, 0.1) is 18.6 Å². The molecular weight excluding hydrogens is 538 g/mol. The van der Waals surface area contributed by atoms with Gasteiger partial charge in [-0.25, -0.2) is 4.79 Å². The maximum absolute atomic E-state index is 13.0. The predicted molar refractivity (Wildman–Crippen MR) is 149 cm³/mol. The summed E-state index contributed by atoms with van der Waals surface area (Å²) in [5.41, 5.74) is 23.0. The van der Waals surface area contributed by atoms with E-state index in [9.17, 15) is 34.2 Å². The fraction of sp³-hybridized carbons (Fsp3) is 0.440. The second kappa shape index (κ2) is 15.2. The van der Waals surface area contributed by atoms with Crippen LogP contribution < -0.4 is 38.9 Å². The first kappa shape index (κ1) is 32.5. The Morgan fingerprint density at radius 2 is 1.63 bits per heavy atom. The maximum atomic E-state index is 13.0. The molecule has 1 aromatic carbocycles. The van der Waals surface area contributed by atoms with Gasteiger partial charge in [0.1, 0.15) is 18.1 Å². The van der Waals surface area contributed by atoms with Crippen LogP contribution >= 0.6 is 0 Å². The van der Waals surface area contributed by atoms with E-state index in [1.807, 2.05) is 12.1 Å². The highest BCUT2D eigenvalue weighted by molar-refractivity contribution is 5.96. The smallest absolute Gasteiger partial charge is 0.326 e. The number of hydrogen-bond acceptors (Lipinski definition) is 8. The van der Waals surface area contributed by atoms with Gasteiger partial charge >= 0.3 is 5.97 Å². The summed E-state index contributed by atoms with van der Waals surface area (Å²) in [6.45, 7) is 1.42. The molecule has 0 fully saturated rings. The van der Waals surface area contributed by atoms with Gasteiger partial charge in [0.2, 0.25) is 23.6 Å². The Bertz CT molecular complexity index is 1270. The number of carbonyl (C=O) groups is 5. The number of primary amides is 1. The van der Waals surface area contributed by atoms with Crippen LogP contribution in [-0.4, -0.2) is 87.6 Å². The average Bonchev–Trinajstić information content (AvgIpc) is 3.30. The number of nitrogens with two attached hydrogens (primary N) is 4. The van der Waals surface area contributed by atoms with Gasteiger partial charge < -0.3 is 54.1 Å². The minimum atomic E-state index is -1.63. The zero-order valence-electron chi connectivity index (χ0n) is 22.5. The molecule has 14 N–H and O–H groups in total. The number of aromatic amines is 1. The molecule has 2 rings (SSSR count). The molecule has 0 aliphatic carbocycles. The summed E-state index contributed by atoms with van der Waals surface area (Å²) in [6, 6.07) is 1.56. The third kappa shape index (κ3) is 10.1. The summed E-state index contributed by atoms with van der Waals surface area (Å²) in [6.07, 6.45) is -0.0724. The number of aliphatic hydroxyl groups excluding tert-OH is 1. The van der Waals surface area contributed by atoms with E-state index in [1.165, 1.54) is 6.92 Å². The summed E-state index contributed by atoms with van der Waals surface area (Å²) in [4.78, 5) is 68.9. The Labute approximate surface area is 235 Å². The van der Waals surface area contributed by atoms with Gasteiger partial charge in [-0.3, -0.25) is 24.2 Å². The molecule has 1 aromatic heterocycles. The number of nitrogens with one attached hydrogen (secondary N) is 4. The summed E-state index contributed by atoms with van der Waals surface area (Å²) in [7, 11) is 0. The molecule has 224 valence electrons. The number of fused-ring (bicyclic) bond motifs is 1. The standard InChI is InChI=1S/C25H37N9O7/c1-12(35)20(23(39)33-18(24(40)41)9-13-11-31-16-7-3-2-5-14(13)16)34-22(38)17(10-19(27)36)32-21(37)15(26)6-4-8-30-25(28)29/h2-3,5,7,11-12,15,17-18,20,31,35H,4,6,8-10,26H2,1H3,(H2,27,36)(H,32,37)(H,33,39)(H,34,38)(H,40,41)(H4,28,29,30). The quantitative estimate of drug-likeness (QED) is 0.0545. The van der Waals surface area contributed by atoms with Crippen LogP contribution in [0.4, 0.5) is 0 Å². The lowest BCUT2D eigenvalue weighted by molar-refractivity contribution is -0.143. The molecule has 0 saturated heterocycles. The topological polar surface area (TPSA) is 294 Å². The Morgan fingerprint density at radius 1 is 0.976 bits per heavy atom. The zero-order valence-corrected chi connectivity index (χ0v) is 22.5. The van der Waals surface area contributed by atoms with E-state index in [0.29, 0.717) is 12.0 Å². The highest BCUT2D eigenvalue weighted by Crippen LogP contribution is 2.19. The molecule has 1 heterocycles. The number of rotatable bonds is 16. The number of carboxylic acids is 1. The van der Waals surface area contributed by atoms with Crippen molar-refractivity contribution in [3.8, 4) is 0 Å². The molecule has 2 aromatic rings. The summed E-state index contributed by atoms with van der Waals surface area (Å²) < 4.78 is 0. The number of hydrogen-bond donors (Lipinski definition) is 10. The molecule has 0 radical (unpaired) electrons. The van der Waals surface area contributed by atoms with Gasteiger partial charge in [-0.15, -0.1) is 0 Å². The van der Waals surface area contributed by atoms with Crippen molar-refractivity contribution in [1.29, 1.82) is 0 Å². The minimum Gasteiger partial charge on any atom is -0.480 e. The Balaban J connectivity index is 2.10. The number of carboxylic acid groups (broad SMARTS) is 1. The van der Waals surface area contributed by atoms with Crippen LogP contribution in [0, 0.1) is 0 Å². The molecule has 16 nitrogen and oxygen atoms in total. The molecule has 5 atom stereocenters. The number of benzene rings is 1. The van der Waals surface area contributed by atoms with Crippen molar-refractivity contribution in [2.24, 2.45) is 27.9 Å². The number of guanidine groups is 1. The Hall–Kier alpha value is -4.70. The van der Waals surface area contributed by atoms with E-state index in [4.69, 9.17) is 22.9 Å². The number of amides is 4. The highest BCUT2D eigenvalue weighted by Gasteiger charge is 2.33. The van der Waals surface area contributed by atoms with Crippen molar-refractivity contribution in [3.05, 3.63) is 36.0 Å². The van der Waals surface area contributed by atoms with Crippen LogP contribution in [-0.2, 0) is 30.4 Å². The van der Waals surface area contributed by atoms with Gasteiger partial charge in [-0.05, 0) is 31.4 Å². The van der Waals surface area contributed by atoms with Crippen molar-refractivity contribution < 1.29 is 34.2 Å². The Morgan fingerprint density at radius 3 is 2.24 bits per heavy atom. The first-order valence-electron chi connectivity index (χ1n) is 12.8. The van der Waals surface area contributed by atoms with Crippen LogP contribution in [0.5, 0.6) is 0 Å². The minimum absolute atomic E-state index is 0.0903. The van der Waals surface area contributed by atoms with E-state index >= 15 is 0 Å². The van der Waals surface area contributed by atoms with Crippen molar-refractivity contribution in [3.63, 3.8) is 0 Å². The molecule has 4 amide bonds. The molecule has 5 unspecified atom stereocenters. The molecule has 0 saturated carbocycles. The number of carbonyl (C=O) groups excluding carboxylic acids is 4. The highest BCUT2D eigenvalue weighted by atomic mass is 16.4. The van der Waals surface area contributed by atoms with E-state index in [2.05, 4.69) is 25.9 Å². The van der Waals surface area contributed by atoms with Gasteiger partial charge in [-0.2, -0.15) is 0 Å². The van der Waals surface area contributed by atoms with Crippen LogP contribution in [0.3, 0.4) is 0 Å². The van der Waals surface area contributed by atoms with Crippen molar-refractivity contribution in [2.45, 2.75) is 62.9 Å². The number of aliphatic imine (C=N–C) groups is 1. The van der Waals surface area contributed by atoms with E-state index in [-0.39, 0.29) is 25.3 Å². The summed E-state index contributed by atoms with van der Waals surface area (Å²) in [5, 5.41) is 27.6.